The van der Waals surface area contributed by atoms with Crippen molar-refractivity contribution in [2.24, 2.45) is 0 Å². The van der Waals surface area contributed by atoms with Crippen molar-refractivity contribution in [2.75, 3.05) is 27.3 Å². The molecule has 1 saturated heterocycles. The highest BCUT2D eigenvalue weighted by Gasteiger charge is 2.48. The Hall–Kier alpha value is -2.58. The molecule has 0 aromatic heterocycles. The van der Waals surface area contributed by atoms with Crippen molar-refractivity contribution in [1.82, 2.24) is 4.31 Å². The van der Waals surface area contributed by atoms with Crippen molar-refractivity contribution in [2.45, 2.75) is 23.3 Å². The van der Waals surface area contributed by atoms with E-state index >= 15 is 0 Å². The second-order valence-electron chi connectivity index (χ2n) is 6.85. The van der Waals surface area contributed by atoms with E-state index < -0.39 is 15.6 Å². The Morgan fingerprint density at radius 3 is 2.36 bits per heavy atom. The Morgan fingerprint density at radius 1 is 1.00 bits per heavy atom. The molecule has 148 valence electrons. The van der Waals surface area contributed by atoms with E-state index in [2.05, 4.69) is 0 Å². The number of carbonyl (C=O) groups is 1. The Bertz CT molecular complexity index is 1020. The Balaban J connectivity index is 1.58. The molecule has 28 heavy (non-hydrogen) atoms. The standard InChI is InChI=1S/C20H21NO6S/c1-25-17-8-7-14(13-18(17)26-2)28(23,24)21-11-9-20(10-12-21)16-6-4-3-5-15(16)19(22)27-20/h3-8,13H,9-12H2,1-2H3. The maximum absolute atomic E-state index is 13.1. The molecule has 2 heterocycles. The first-order valence-corrected chi connectivity index (χ1v) is 10.4. The monoisotopic (exact) mass is 403 g/mol. The normalized spacial score (nSPS) is 18.6. The van der Waals surface area contributed by atoms with Crippen LogP contribution in [-0.2, 0) is 20.4 Å². The number of hydrogen-bond donors (Lipinski definition) is 0. The van der Waals surface area contributed by atoms with Crippen LogP contribution in [0.2, 0.25) is 0 Å². The zero-order valence-electron chi connectivity index (χ0n) is 15.7. The molecule has 0 N–H and O–H groups in total. The van der Waals surface area contributed by atoms with Crippen LogP contribution in [0.4, 0.5) is 0 Å². The summed E-state index contributed by atoms with van der Waals surface area (Å²) in [7, 11) is -0.739. The van der Waals surface area contributed by atoms with Gasteiger partial charge in [-0.1, -0.05) is 18.2 Å². The van der Waals surface area contributed by atoms with Crippen molar-refractivity contribution in [1.29, 1.82) is 0 Å². The molecule has 0 saturated carbocycles. The predicted octanol–water partition coefficient (Wildman–Crippen LogP) is 2.55. The average Bonchev–Trinajstić information content (AvgIpc) is 2.99. The lowest BCUT2D eigenvalue weighted by Crippen LogP contribution is -2.45. The van der Waals surface area contributed by atoms with Gasteiger partial charge in [0.2, 0.25) is 10.0 Å². The van der Waals surface area contributed by atoms with E-state index in [1.165, 1.54) is 30.7 Å². The van der Waals surface area contributed by atoms with Crippen LogP contribution in [0.1, 0.15) is 28.8 Å². The van der Waals surface area contributed by atoms with Gasteiger partial charge in [0.15, 0.2) is 11.5 Å². The van der Waals surface area contributed by atoms with Crippen LogP contribution >= 0.6 is 0 Å². The van der Waals surface area contributed by atoms with E-state index in [9.17, 15) is 13.2 Å². The van der Waals surface area contributed by atoms with E-state index in [-0.39, 0.29) is 24.0 Å². The quantitative estimate of drug-likeness (QED) is 0.730. The molecule has 8 heteroatoms. The number of nitrogens with zero attached hydrogens (tertiary/aromatic N) is 1. The summed E-state index contributed by atoms with van der Waals surface area (Å²) in [5.74, 6) is 0.482. The van der Waals surface area contributed by atoms with Crippen molar-refractivity contribution >= 4 is 16.0 Å². The minimum atomic E-state index is -3.70. The zero-order valence-corrected chi connectivity index (χ0v) is 16.5. The van der Waals surface area contributed by atoms with Gasteiger partial charge in [-0.25, -0.2) is 13.2 Å². The molecule has 0 radical (unpaired) electrons. The van der Waals surface area contributed by atoms with Gasteiger partial charge in [0.1, 0.15) is 5.60 Å². The summed E-state index contributed by atoms with van der Waals surface area (Å²) >= 11 is 0. The van der Waals surface area contributed by atoms with E-state index in [4.69, 9.17) is 14.2 Å². The Labute approximate surface area is 163 Å². The first-order valence-electron chi connectivity index (χ1n) is 8.96. The van der Waals surface area contributed by atoms with Crippen LogP contribution in [0.3, 0.4) is 0 Å². The second-order valence-corrected chi connectivity index (χ2v) is 8.79. The number of methoxy groups -OCH3 is 2. The molecule has 0 aliphatic carbocycles. The minimum Gasteiger partial charge on any atom is -0.493 e. The fourth-order valence-electron chi connectivity index (χ4n) is 3.93. The van der Waals surface area contributed by atoms with Crippen molar-refractivity contribution in [3.05, 3.63) is 53.6 Å². The number of rotatable bonds is 4. The molecule has 4 rings (SSSR count). The smallest absolute Gasteiger partial charge is 0.339 e. The van der Waals surface area contributed by atoms with Gasteiger partial charge in [-0.15, -0.1) is 0 Å². The summed E-state index contributed by atoms with van der Waals surface area (Å²) in [4.78, 5) is 12.3. The van der Waals surface area contributed by atoms with Crippen LogP contribution in [0, 0.1) is 0 Å². The molecule has 0 amide bonds. The first kappa shape index (κ1) is 18.8. The lowest BCUT2D eigenvalue weighted by Gasteiger charge is -2.37. The average molecular weight is 403 g/mol. The van der Waals surface area contributed by atoms with Crippen molar-refractivity contribution in [3.63, 3.8) is 0 Å². The van der Waals surface area contributed by atoms with E-state index in [0.717, 1.165) is 5.56 Å². The SMILES string of the molecule is COc1ccc(S(=O)(=O)N2CCC3(CC2)OC(=O)c2ccccc23)cc1OC. The lowest BCUT2D eigenvalue weighted by molar-refractivity contribution is -0.0329. The molecule has 0 unspecified atom stereocenters. The highest BCUT2D eigenvalue weighted by atomic mass is 32.2. The van der Waals surface area contributed by atoms with Crippen LogP contribution in [0.25, 0.3) is 0 Å². The fourth-order valence-corrected chi connectivity index (χ4v) is 5.39. The van der Waals surface area contributed by atoms with Gasteiger partial charge in [-0.05, 0) is 18.2 Å². The number of sulfonamides is 1. The third-order valence-corrected chi connectivity index (χ3v) is 7.34. The van der Waals surface area contributed by atoms with Crippen LogP contribution in [-0.4, -0.2) is 46.0 Å². The van der Waals surface area contributed by atoms with Gasteiger partial charge in [-0.2, -0.15) is 4.31 Å². The van der Waals surface area contributed by atoms with Gasteiger partial charge in [-0.3, -0.25) is 0 Å². The number of ether oxygens (including phenoxy) is 3. The predicted molar refractivity (Wildman–Crippen MR) is 101 cm³/mol. The molecule has 0 atom stereocenters. The first-order chi connectivity index (χ1) is 13.4. The van der Waals surface area contributed by atoms with Crippen LogP contribution < -0.4 is 9.47 Å². The van der Waals surface area contributed by atoms with Crippen LogP contribution in [0.5, 0.6) is 11.5 Å². The minimum absolute atomic E-state index is 0.143. The Kier molecular flexibility index (Phi) is 4.55. The number of carbonyl (C=O) groups excluding carboxylic acids is 1. The zero-order chi connectivity index (χ0) is 19.9. The molecule has 2 aliphatic heterocycles. The van der Waals surface area contributed by atoms with Crippen molar-refractivity contribution in [3.8, 4) is 11.5 Å². The highest BCUT2D eigenvalue weighted by molar-refractivity contribution is 7.89. The van der Waals surface area contributed by atoms with E-state index in [1.807, 2.05) is 12.1 Å². The maximum atomic E-state index is 13.1. The summed E-state index contributed by atoms with van der Waals surface area (Å²) < 4.78 is 43.7. The lowest BCUT2D eigenvalue weighted by atomic mass is 9.84. The third-order valence-electron chi connectivity index (χ3n) is 5.45. The summed E-state index contributed by atoms with van der Waals surface area (Å²) in [5, 5.41) is 0. The van der Waals surface area contributed by atoms with Gasteiger partial charge in [0.25, 0.3) is 0 Å². The summed E-state index contributed by atoms with van der Waals surface area (Å²) in [6, 6.07) is 11.9. The summed E-state index contributed by atoms with van der Waals surface area (Å²) in [6.45, 7) is 0.524. The molecule has 2 aromatic rings. The topological polar surface area (TPSA) is 82.1 Å². The molecule has 0 bridgehead atoms. The van der Waals surface area contributed by atoms with Gasteiger partial charge in [0.05, 0.1) is 24.7 Å². The summed E-state index contributed by atoms with van der Waals surface area (Å²) in [6.07, 6.45) is 0.838. The number of piperidine rings is 1. The van der Waals surface area contributed by atoms with E-state index in [0.29, 0.717) is 29.9 Å². The van der Waals surface area contributed by atoms with Gasteiger partial charge in [0, 0.05) is 37.6 Å². The van der Waals surface area contributed by atoms with Crippen molar-refractivity contribution < 1.29 is 27.4 Å². The third kappa shape index (κ3) is 2.84. The van der Waals surface area contributed by atoms with Crippen LogP contribution in [0.15, 0.2) is 47.4 Å². The molecule has 1 spiro atoms. The second kappa shape index (κ2) is 6.79. The molecular weight excluding hydrogens is 382 g/mol. The van der Waals surface area contributed by atoms with Gasteiger partial charge >= 0.3 is 5.97 Å². The number of esters is 1. The van der Waals surface area contributed by atoms with Gasteiger partial charge < -0.3 is 14.2 Å². The number of fused-ring (bicyclic) bond motifs is 2. The number of benzene rings is 2. The van der Waals surface area contributed by atoms with E-state index in [1.54, 1.807) is 18.2 Å². The molecular formula is C20H21NO6S. The molecule has 1 fully saturated rings. The maximum Gasteiger partial charge on any atom is 0.339 e. The molecule has 7 nitrogen and oxygen atoms in total. The molecule has 2 aromatic carbocycles. The highest BCUT2D eigenvalue weighted by Crippen LogP contribution is 2.44. The fraction of sp³-hybridized carbons (Fsp3) is 0.350. The largest absolute Gasteiger partial charge is 0.493 e. The molecule has 2 aliphatic rings. The number of hydrogen-bond acceptors (Lipinski definition) is 6. The summed E-state index contributed by atoms with van der Waals surface area (Å²) in [5.41, 5.74) is 0.680. The Morgan fingerprint density at radius 2 is 1.68 bits per heavy atom.